The summed E-state index contributed by atoms with van der Waals surface area (Å²) in [6.07, 6.45) is 1.94. The molecule has 0 atom stereocenters. The molecule has 0 saturated heterocycles. The first-order valence-corrected chi connectivity index (χ1v) is 7.49. The number of rotatable bonds is 4. The SMILES string of the molecule is CCCc1cc(NC(=O)c2ccc3nc(N)sc3c2)n[nH]1. The molecule has 3 rings (SSSR count). The minimum Gasteiger partial charge on any atom is -0.375 e. The Morgan fingerprint density at radius 2 is 2.29 bits per heavy atom. The van der Waals surface area contributed by atoms with Crippen molar-refractivity contribution in [3.63, 3.8) is 0 Å². The number of nitrogens with two attached hydrogens (primary N) is 1. The second-order valence-electron chi connectivity index (χ2n) is 4.72. The highest BCUT2D eigenvalue weighted by atomic mass is 32.1. The van der Waals surface area contributed by atoms with Gasteiger partial charge in [-0.15, -0.1) is 0 Å². The highest BCUT2D eigenvalue weighted by Gasteiger charge is 2.10. The molecule has 0 aliphatic heterocycles. The Labute approximate surface area is 125 Å². The van der Waals surface area contributed by atoms with Crippen molar-refractivity contribution < 1.29 is 4.79 Å². The van der Waals surface area contributed by atoms with E-state index in [-0.39, 0.29) is 5.91 Å². The molecule has 7 heteroatoms. The fourth-order valence-electron chi connectivity index (χ4n) is 2.10. The van der Waals surface area contributed by atoms with Crippen LogP contribution in [-0.4, -0.2) is 21.1 Å². The number of aromatic amines is 1. The van der Waals surface area contributed by atoms with E-state index >= 15 is 0 Å². The standard InChI is InChI=1S/C14H15N5OS/c1-2-3-9-7-12(19-18-9)17-13(20)8-4-5-10-11(6-8)21-14(15)16-10/h4-7H,2-3H2,1H3,(H2,15,16)(H2,17,18,19,20). The number of aryl methyl sites for hydroxylation is 1. The molecule has 1 aromatic carbocycles. The van der Waals surface area contributed by atoms with Gasteiger partial charge >= 0.3 is 0 Å². The second-order valence-corrected chi connectivity index (χ2v) is 5.78. The molecule has 4 N–H and O–H groups in total. The third-order valence-corrected chi connectivity index (χ3v) is 3.91. The van der Waals surface area contributed by atoms with E-state index < -0.39 is 0 Å². The third kappa shape index (κ3) is 2.87. The highest BCUT2D eigenvalue weighted by Crippen LogP contribution is 2.24. The second kappa shape index (κ2) is 5.53. The van der Waals surface area contributed by atoms with Gasteiger partial charge in [0.15, 0.2) is 10.9 Å². The van der Waals surface area contributed by atoms with Gasteiger partial charge < -0.3 is 11.1 Å². The minimum absolute atomic E-state index is 0.196. The number of fused-ring (bicyclic) bond motifs is 1. The number of H-pyrrole nitrogens is 1. The number of nitrogens with zero attached hydrogens (tertiary/aromatic N) is 2. The fraction of sp³-hybridized carbons (Fsp3) is 0.214. The summed E-state index contributed by atoms with van der Waals surface area (Å²) < 4.78 is 0.897. The highest BCUT2D eigenvalue weighted by molar-refractivity contribution is 7.22. The van der Waals surface area contributed by atoms with Crippen molar-refractivity contribution >= 4 is 38.4 Å². The summed E-state index contributed by atoms with van der Waals surface area (Å²) in [6.45, 7) is 2.09. The Bertz CT molecular complexity index is 792. The monoisotopic (exact) mass is 301 g/mol. The van der Waals surface area contributed by atoms with Crippen LogP contribution in [0.5, 0.6) is 0 Å². The first kappa shape index (κ1) is 13.6. The summed E-state index contributed by atoms with van der Waals surface area (Å²) in [5.41, 5.74) is 8.04. The molecule has 0 saturated carbocycles. The third-order valence-electron chi connectivity index (χ3n) is 3.06. The van der Waals surface area contributed by atoms with Gasteiger partial charge in [-0.1, -0.05) is 24.7 Å². The summed E-state index contributed by atoms with van der Waals surface area (Å²) in [5, 5.41) is 10.3. The molecule has 1 amide bonds. The largest absolute Gasteiger partial charge is 0.375 e. The van der Waals surface area contributed by atoms with Crippen LogP contribution in [-0.2, 0) is 6.42 Å². The van der Waals surface area contributed by atoms with E-state index in [1.165, 1.54) is 11.3 Å². The molecule has 6 nitrogen and oxygen atoms in total. The number of aromatic nitrogens is 3. The van der Waals surface area contributed by atoms with Crippen LogP contribution >= 0.6 is 11.3 Å². The van der Waals surface area contributed by atoms with Crippen LogP contribution in [0.3, 0.4) is 0 Å². The molecule has 0 unspecified atom stereocenters. The lowest BCUT2D eigenvalue weighted by atomic mass is 10.2. The molecule has 0 radical (unpaired) electrons. The summed E-state index contributed by atoms with van der Waals surface area (Å²) in [5.74, 6) is 0.339. The maximum absolute atomic E-state index is 12.2. The Hall–Kier alpha value is -2.41. The van der Waals surface area contributed by atoms with E-state index in [4.69, 9.17) is 5.73 Å². The van der Waals surface area contributed by atoms with E-state index in [9.17, 15) is 4.79 Å². The topological polar surface area (TPSA) is 96.7 Å². The number of amides is 1. The molecule has 0 aliphatic carbocycles. The van der Waals surface area contributed by atoms with E-state index in [0.29, 0.717) is 16.5 Å². The van der Waals surface area contributed by atoms with E-state index in [1.54, 1.807) is 18.2 Å². The number of carbonyl (C=O) groups is 1. The number of benzene rings is 1. The average Bonchev–Trinajstić information content (AvgIpc) is 3.03. The molecule has 108 valence electrons. The molecule has 2 aromatic heterocycles. The van der Waals surface area contributed by atoms with Gasteiger partial charge in [0, 0.05) is 17.3 Å². The number of nitrogen functional groups attached to an aromatic ring is 1. The molecular formula is C14H15N5OS. The maximum atomic E-state index is 12.2. The van der Waals surface area contributed by atoms with Crippen LogP contribution < -0.4 is 11.1 Å². The molecule has 2 heterocycles. The lowest BCUT2D eigenvalue weighted by Gasteiger charge is -2.01. The van der Waals surface area contributed by atoms with Gasteiger partial charge in [0.2, 0.25) is 0 Å². The van der Waals surface area contributed by atoms with Crippen molar-refractivity contribution in [3.05, 3.63) is 35.5 Å². The van der Waals surface area contributed by atoms with Crippen LogP contribution in [0, 0.1) is 0 Å². The molecular weight excluding hydrogens is 286 g/mol. The molecule has 3 aromatic rings. The van der Waals surface area contributed by atoms with Gasteiger partial charge in [-0.2, -0.15) is 5.10 Å². The van der Waals surface area contributed by atoms with Gasteiger partial charge in [-0.3, -0.25) is 9.89 Å². The van der Waals surface area contributed by atoms with Crippen molar-refractivity contribution in [1.82, 2.24) is 15.2 Å². The van der Waals surface area contributed by atoms with Gasteiger partial charge in [-0.25, -0.2) is 4.98 Å². The van der Waals surface area contributed by atoms with E-state index in [2.05, 4.69) is 27.4 Å². The molecule has 0 bridgehead atoms. The van der Waals surface area contributed by atoms with Gasteiger partial charge in [0.25, 0.3) is 5.91 Å². The quantitative estimate of drug-likeness (QED) is 0.690. The predicted molar refractivity (Wildman–Crippen MR) is 84.6 cm³/mol. The lowest BCUT2D eigenvalue weighted by molar-refractivity contribution is 0.102. The van der Waals surface area contributed by atoms with Crippen molar-refractivity contribution in [2.75, 3.05) is 11.1 Å². The van der Waals surface area contributed by atoms with Crippen LogP contribution in [0.25, 0.3) is 10.2 Å². The minimum atomic E-state index is -0.196. The number of hydrogen-bond acceptors (Lipinski definition) is 5. The van der Waals surface area contributed by atoms with Crippen LogP contribution in [0.4, 0.5) is 10.9 Å². The van der Waals surface area contributed by atoms with Gasteiger partial charge in [0.05, 0.1) is 10.2 Å². The first-order chi connectivity index (χ1) is 10.2. The van der Waals surface area contributed by atoms with E-state index in [1.807, 2.05) is 6.07 Å². The fourth-order valence-corrected chi connectivity index (χ4v) is 2.87. The Morgan fingerprint density at radius 1 is 1.43 bits per heavy atom. The van der Waals surface area contributed by atoms with E-state index in [0.717, 1.165) is 28.8 Å². The summed E-state index contributed by atoms with van der Waals surface area (Å²) in [7, 11) is 0. The van der Waals surface area contributed by atoms with Crippen LogP contribution in [0.1, 0.15) is 29.4 Å². The van der Waals surface area contributed by atoms with Gasteiger partial charge in [-0.05, 0) is 24.6 Å². The maximum Gasteiger partial charge on any atom is 0.256 e. The number of hydrogen-bond donors (Lipinski definition) is 3. The Balaban J connectivity index is 1.79. The van der Waals surface area contributed by atoms with Crippen molar-refractivity contribution in [2.45, 2.75) is 19.8 Å². The molecule has 21 heavy (non-hydrogen) atoms. The zero-order chi connectivity index (χ0) is 14.8. The molecule has 0 fully saturated rings. The zero-order valence-corrected chi connectivity index (χ0v) is 12.3. The Kier molecular flexibility index (Phi) is 3.57. The summed E-state index contributed by atoms with van der Waals surface area (Å²) >= 11 is 1.37. The van der Waals surface area contributed by atoms with Crippen molar-refractivity contribution in [3.8, 4) is 0 Å². The summed E-state index contributed by atoms with van der Waals surface area (Å²) in [6, 6.07) is 7.17. The Morgan fingerprint density at radius 3 is 3.10 bits per heavy atom. The summed E-state index contributed by atoms with van der Waals surface area (Å²) in [4.78, 5) is 16.4. The smallest absolute Gasteiger partial charge is 0.256 e. The number of thiazole rings is 1. The number of nitrogens with one attached hydrogen (secondary N) is 2. The normalized spacial score (nSPS) is 10.9. The van der Waals surface area contributed by atoms with Crippen molar-refractivity contribution in [2.24, 2.45) is 0 Å². The van der Waals surface area contributed by atoms with Crippen LogP contribution in [0.2, 0.25) is 0 Å². The number of anilines is 2. The average molecular weight is 301 g/mol. The molecule has 0 aliphatic rings. The zero-order valence-electron chi connectivity index (χ0n) is 11.5. The first-order valence-electron chi connectivity index (χ1n) is 6.67. The van der Waals surface area contributed by atoms with Gasteiger partial charge in [0.1, 0.15) is 0 Å². The van der Waals surface area contributed by atoms with Crippen molar-refractivity contribution in [1.29, 1.82) is 0 Å². The number of carbonyl (C=O) groups excluding carboxylic acids is 1. The van der Waals surface area contributed by atoms with Crippen LogP contribution in [0.15, 0.2) is 24.3 Å². The predicted octanol–water partition coefficient (Wildman–Crippen LogP) is 2.81. The molecule has 0 spiro atoms. The lowest BCUT2D eigenvalue weighted by Crippen LogP contribution is -2.11.